The average molecular weight is 243 g/mol. The Balaban J connectivity index is 2.66. The number of rotatable bonds is 5. The van der Waals surface area contributed by atoms with Gasteiger partial charge in [-0.2, -0.15) is 0 Å². The van der Waals surface area contributed by atoms with E-state index in [0.29, 0.717) is 11.6 Å². The molecule has 1 unspecified atom stereocenters. The fourth-order valence-electron chi connectivity index (χ4n) is 1.46. The molecule has 0 fully saturated rings. The van der Waals surface area contributed by atoms with Gasteiger partial charge in [0.2, 0.25) is 0 Å². The third-order valence-corrected chi connectivity index (χ3v) is 2.64. The minimum atomic E-state index is -0.904. The van der Waals surface area contributed by atoms with Crippen LogP contribution in [0.1, 0.15) is 5.56 Å². The van der Waals surface area contributed by atoms with E-state index in [9.17, 15) is 4.79 Å². The molecule has 0 bridgehead atoms. The molecular weight excluding hydrogens is 228 g/mol. The molecule has 1 aromatic carbocycles. The lowest BCUT2D eigenvalue weighted by atomic mass is 10.2. The van der Waals surface area contributed by atoms with Crippen molar-refractivity contribution in [2.75, 3.05) is 13.6 Å². The van der Waals surface area contributed by atoms with Gasteiger partial charge in [0.05, 0.1) is 0 Å². The maximum absolute atomic E-state index is 10.9. The summed E-state index contributed by atoms with van der Waals surface area (Å²) < 4.78 is 0. The van der Waals surface area contributed by atoms with Gasteiger partial charge in [0.15, 0.2) is 0 Å². The van der Waals surface area contributed by atoms with Gasteiger partial charge < -0.3 is 10.8 Å². The molecule has 0 saturated heterocycles. The highest BCUT2D eigenvalue weighted by Gasteiger charge is 2.20. The Morgan fingerprint density at radius 2 is 2.06 bits per heavy atom. The van der Waals surface area contributed by atoms with Gasteiger partial charge in [0.1, 0.15) is 6.04 Å². The molecule has 0 amide bonds. The average Bonchev–Trinajstić information content (AvgIpc) is 2.22. The number of halogens is 1. The van der Waals surface area contributed by atoms with Crippen LogP contribution in [0, 0.1) is 0 Å². The van der Waals surface area contributed by atoms with Crippen molar-refractivity contribution in [1.29, 1.82) is 0 Å². The summed E-state index contributed by atoms with van der Waals surface area (Å²) in [7, 11) is 1.74. The van der Waals surface area contributed by atoms with Crippen LogP contribution in [0.4, 0.5) is 0 Å². The first-order valence-corrected chi connectivity index (χ1v) is 5.30. The standard InChI is InChI=1S/C11H15ClN2O2/c1-14(10(6-13)11(15)16)7-8-2-4-9(12)5-3-8/h2-5,10H,6-7,13H2,1H3,(H,15,16). The number of carbonyl (C=O) groups is 1. The van der Waals surface area contributed by atoms with E-state index in [4.69, 9.17) is 22.4 Å². The lowest BCUT2D eigenvalue weighted by molar-refractivity contribution is -0.142. The van der Waals surface area contributed by atoms with E-state index in [2.05, 4.69) is 0 Å². The van der Waals surface area contributed by atoms with Crippen molar-refractivity contribution in [1.82, 2.24) is 4.90 Å². The van der Waals surface area contributed by atoms with Crippen LogP contribution in [0.15, 0.2) is 24.3 Å². The third-order valence-electron chi connectivity index (χ3n) is 2.39. The quantitative estimate of drug-likeness (QED) is 0.814. The first kappa shape index (κ1) is 13.0. The van der Waals surface area contributed by atoms with E-state index in [1.807, 2.05) is 12.1 Å². The smallest absolute Gasteiger partial charge is 0.322 e. The Morgan fingerprint density at radius 1 is 1.50 bits per heavy atom. The lowest BCUT2D eigenvalue weighted by Crippen LogP contribution is -2.43. The third kappa shape index (κ3) is 3.48. The van der Waals surface area contributed by atoms with Gasteiger partial charge >= 0.3 is 5.97 Å². The fraction of sp³-hybridized carbons (Fsp3) is 0.364. The van der Waals surface area contributed by atoms with Gasteiger partial charge in [0, 0.05) is 18.1 Å². The summed E-state index contributed by atoms with van der Waals surface area (Å²) in [6.07, 6.45) is 0. The summed E-state index contributed by atoms with van der Waals surface area (Å²) in [6, 6.07) is 6.64. The van der Waals surface area contributed by atoms with Gasteiger partial charge in [-0.25, -0.2) is 0 Å². The molecule has 1 atom stereocenters. The number of nitrogens with two attached hydrogens (primary N) is 1. The summed E-state index contributed by atoms with van der Waals surface area (Å²) >= 11 is 5.76. The van der Waals surface area contributed by atoms with E-state index in [1.165, 1.54) is 0 Å². The van der Waals surface area contributed by atoms with Crippen LogP contribution in [0.25, 0.3) is 0 Å². The molecule has 0 radical (unpaired) electrons. The van der Waals surface area contributed by atoms with Gasteiger partial charge in [-0.3, -0.25) is 9.69 Å². The number of carboxylic acids is 1. The molecule has 16 heavy (non-hydrogen) atoms. The fourth-order valence-corrected chi connectivity index (χ4v) is 1.58. The molecule has 0 spiro atoms. The topological polar surface area (TPSA) is 66.6 Å². The zero-order chi connectivity index (χ0) is 12.1. The van der Waals surface area contributed by atoms with E-state index in [-0.39, 0.29) is 6.54 Å². The molecule has 1 rings (SSSR count). The van der Waals surface area contributed by atoms with E-state index in [0.717, 1.165) is 5.56 Å². The van der Waals surface area contributed by atoms with Crippen LogP contribution in [0.2, 0.25) is 5.02 Å². The van der Waals surface area contributed by atoms with E-state index in [1.54, 1.807) is 24.1 Å². The SMILES string of the molecule is CN(Cc1ccc(Cl)cc1)C(CN)C(=O)O. The first-order chi connectivity index (χ1) is 7.54. The number of nitrogens with zero attached hydrogens (tertiary/aromatic N) is 1. The predicted octanol–water partition coefficient (Wildman–Crippen LogP) is 1.18. The molecule has 0 heterocycles. The molecule has 0 aliphatic rings. The number of aliphatic carboxylic acids is 1. The molecule has 1 aromatic rings. The molecule has 88 valence electrons. The van der Waals surface area contributed by atoms with Gasteiger partial charge in [-0.15, -0.1) is 0 Å². The summed E-state index contributed by atoms with van der Waals surface area (Å²) in [6.45, 7) is 0.630. The van der Waals surface area contributed by atoms with Crippen LogP contribution >= 0.6 is 11.6 Å². The molecule has 5 heteroatoms. The highest BCUT2D eigenvalue weighted by atomic mass is 35.5. The molecular formula is C11H15ClN2O2. The van der Waals surface area contributed by atoms with Crippen molar-refractivity contribution < 1.29 is 9.90 Å². The number of carboxylic acid groups (broad SMARTS) is 1. The molecule has 0 aromatic heterocycles. The molecule has 3 N–H and O–H groups in total. The number of likely N-dealkylation sites (N-methyl/N-ethyl adjacent to an activating group) is 1. The predicted molar refractivity (Wildman–Crippen MR) is 63.4 cm³/mol. The Bertz CT molecular complexity index is 354. The largest absolute Gasteiger partial charge is 0.480 e. The molecule has 0 aliphatic heterocycles. The normalized spacial score (nSPS) is 12.8. The minimum absolute atomic E-state index is 0.0966. The lowest BCUT2D eigenvalue weighted by Gasteiger charge is -2.23. The Kier molecular flexibility index (Phi) is 4.73. The minimum Gasteiger partial charge on any atom is -0.480 e. The summed E-state index contributed by atoms with van der Waals surface area (Å²) in [5.41, 5.74) is 6.41. The number of benzene rings is 1. The molecule has 4 nitrogen and oxygen atoms in total. The summed E-state index contributed by atoms with van der Waals surface area (Å²) in [5.74, 6) is -0.904. The summed E-state index contributed by atoms with van der Waals surface area (Å²) in [4.78, 5) is 12.6. The maximum atomic E-state index is 10.9. The van der Waals surface area contributed by atoms with Crippen LogP contribution in [-0.2, 0) is 11.3 Å². The molecule has 0 aliphatic carbocycles. The Labute approximate surface area is 99.6 Å². The second-order valence-electron chi connectivity index (χ2n) is 3.63. The van der Waals surface area contributed by atoms with Crippen LogP contribution < -0.4 is 5.73 Å². The monoisotopic (exact) mass is 242 g/mol. The summed E-state index contributed by atoms with van der Waals surface area (Å²) in [5, 5.41) is 9.59. The van der Waals surface area contributed by atoms with Crippen LogP contribution in [-0.4, -0.2) is 35.6 Å². The van der Waals surface area contributed by atoms with Crippen molar-refractivity contribution in [3.8, 4) is 0 Å². The van der Waals surface area contributed by atoms with Crippen molar-refractivity contribution in [2.24, 2.45) is 5.73 Å². The number of hydrogen-bond donors (Lipinski definition) is 2. The van der Waals surface area contributed by atoms with E-state index < -0.39 is 12.0 Å². The zero-order valence-electron chi connectivity index (χ0n) is 9.06. The maximum Gasteiger partial charge on any atom is 0.322 e. The van der Waals surface area contributed by atoms with Crippen molar-refractivity contribution >= 4 is 17.6 Å². The zero-order valence-corrected chi connectivity index (χ0v) is 9.81. The second-order valence-corrected chi connectivity index (χ2v) is 4.07. The van der Waals surface area contributed by atoms with Gasteiger partial charge in [0.25, 0.3) is 0 Å². The first-order valence-electron chi connectivity index (χ1n) is 4.92. The Hall–Kier alpha value is -1.10. The van der Waals surface area contributed by atoms with Crippen LogP contribution in [0.5, 0.6) is 0 Å². The van der Waals surface area contributed by atoms with E-state index >= 15 is 0 Å². The number of hydrogen-bond acceptors (Lipinski definition) is 3. The molecule has 0 saturated carbocycles. The van der Waals surface area contributed by atoms with Crippen LogP contribution in [0.3, 0.4) is 0 Å². The Morgan fingerprint density at radius 3 is 2.50 bits per heavy atom. The van der Waals surface area contributed by atoms with Gasteiger partial charge in [-0.1, -0.05) is 23.7 Å². The second kappa shape index (κ2) is 5.84. The highest BCUT2D eigenvalue weighted by molar-refractivity contribution is 6.30. The van der Waals surface area contributed by atoms with Gasteiger partial charge in [-0.05, 0) is 24.7 Å². The van der Waals surface area contributed by atoms with Crippen molar-refractivity contribution in [3.05, 3.63) is 34.9 Å². The van der Waals surface area contributed by atoms with Crippen molar-refractivity contribution in [3.63, 3.8) is 0 Å². The van der Waals surface area contributed by atoms with Crippen molar-refractivity contribution in [2.45, 2.75) is 12.6 Å². The highest BCUT2D eigenvalue weighted by Crippen LogP contribution is 2.11.